The fraction of sp³-hybridized carbons (Fsp3) is 0.455. The van der Waals surface area contributed by atoms with Crippen molar-refractivity contribution < 1.29 is 0 Å². The van der Waals surface area contributed by atoms with E-state index in [9.17, 15) is 0 Å². The van der Waals surface area contributed by atoms with Crippen LogP contribution in [0.1, 0.15) is 20.8 Å². The van der Waals surface area contributed by atoms with Crippen molar-refractivity contribution in [3.8, 4) is 0 Å². The summed E-state index contributed by atoms with van der Waals surface area (Å²) in [5.41, 5.74) is 2.12. The molecule has 0 saturated heterocycles. The molecule has 0 aromatic carbocycles. The molecular weight excluding hydrogens is 146 g/mol. The molecule has 0 heterocycles. The second kappa shape index (κ2) is 4.27. The van der Waals surface area contributed by atoms with Crippen LogP contribution in [0.3, 0.4) is 0 Å². The monoisotopic (exact) mass is 165 g/mol. The van der Waals surface area contributed by atoms with Crippen LogP contribution in [0.5, 0.6) is 0 Å². The van der Waals surface area contributed by atoms with E-state index in [1.54, 1.807) is 0 Å². The lowest BCUT2D eigenvalue weighted by molar-refractivity contribution is 0.505. The Kier molecular flexibility index (Phi) is 3.98. The Bertz CT molecular complexity index is 209. The van der Waals surface area contributed by atoms with Crippen LogP contribution in [0, 0.1) is 0 Å². The van der Waals surface area contributed by atoms with Crippen molar-refractivity contribution >= 4 is 0 Å². The molecule has 0 bridgehead atoms. The largest absolute Gasteiger partial charge is 0.311 e. The van der Waals surface area contributed by atoms with Crippen molar-refractivity contribution in [1.29, 1.82) is 0 Å². The van der Waals surface area contributed by atoms with Gasteiger partial charge in [0, 0.05) is 5.54 Å². The molecule has 12 heavy (non-hydrogen) atoms. The van der Waals surface area contributed by atoms with Crippen molar-refractivity contribution in [2.24, 2.45) is 0 Å². The minimum absolute atomic E-state index is 0.0595. The van der Waals surface area contributed by atoms with Gasteiger partial charge < -0.3 is 5.32 Å². The number of hydrogen-bond donors (Lipinski definition) is 1. The van der Waals surface area contributed by atoms with E-state index in [2.05, 4.69) is 32.3 Å². The molecule has 1 nitrogen and oxygen atoms in total. The fourth-order valence-corrected chi connectivity index (χ4v) is 0.927. The average Bonchev–Trinajstić information content (AvgIpc) is 2.06. The molecule has 1 N–H and O–H groups in total. The van der Waals surface area contributed by atoms with E-state index >= 15 is 0 Å². The van der Waals surface area contributed by atoms with Crippen molar-refractivity contribution in [3.05, 3.63) is 36.5 Å². The Morgan fingerprint density at radius 3 is 2.17 bits per heavy atom. The summed E-state index contributed by atoms with van der Waals surface area (Å²) in [4.78, 5) is 0. The SMILES string of the molecule is C=C/C(=C\C)C(=C)C(C)(C)NC. The molecule has 0 aromatic heterocycles. The van der Waals surface area contributed by atoms with Crippen LogP contribution >= 0.6 is 0 Å². The predicted octanol–water partition coefficient (Wildman–Crippen LogP) is 2.67. The molecule has 0 aromatic rings. The van der Waals surface area contributed by atoms with Crippen LogP contribution in [-0.2, 0) is 0 Å². The van der Waals surface area contributed by atoms with Crippen LogP contribution in [0.25, 0.3) is 0 Å². The Balaban J connectivity index is 4.70. The van der Waals surface area contributed by atoms with E-state index in [1.165, 1.54) is 0 Å². The number of likely N-dealkylation sites (N-methyl/N-ethyl adjacent to an activating group) is 1. The second-order valence-corrected chi connectivity index (χ2v) is 3.30. The molecule has 0 fully saturated rings. The van der Waals surface area contributed by atoms with Crippen LogP contribution in [-0.4, -0.2) is 12.6 Å². The summed E-state index contributed by atoms with van der Waals surface area (Å²) >= 11 is 0. The third-order valence-corrected chi connectivity index (χ3v) is 2.26. The standard InChI is InChI=1S/C11H19N/c1-7-10(8-2)9(3)11(4,5)12-6/h7-8,12H,1,3H2,2,4-6H3/b10-8+. The highest BCUT2D eigenvalue weighted by molar-refractivity contribution is 5.42. The maximum Gasteiger partial charge on any atom is 0.0374 e. The molecule has 1 heteroatoms. The van der Waals surface area contributed by atoms with E-state index in [4.69, 9.17) is 0 Å². The van der Waals surface area contributed by atoms with Gasteiger partial charge in [-0.3, -0.25) is 0 Å². The Morgan fingerprint density at radius 2 is 1.92 bits per heavy atom. The van der Waals surface area contributed by atoms with Gasteiger partial charge in [0.2, 0.25) is 0 Å². The van der Waals surface area contributed by atoms with Gasteiger partial charge >= 0.3 is 0 Å². The molecule has 0 rings (SSSR count). The van der Waals surface area contributed by atoms with Gasteiger partial charge in [-0.25, -0.2) is 0 Å². The van der Waals surface area contributed by atoms with Gasteiger partial charge in [-0.15, -0.1) is 0 Å². The maximum absolute atomic E-state index is 4.04. The molecule has 0 spiro atoms. The molecule has 0 unspecified atom stereocenters. The van der Waals surface area contributed by atoms with Crippen LogP contribution < -0.4 is 5.32 Å². The number of hydrogen-bond acceptors (Lipinski definition) is 1. The van der Waals surface area contributed by atoms with Gasteiger partial charge in [0.25, 0.3) is 0 Å². The molecule has 0 saturated carbocycles. The highest BCUT2D eigenvalue weighted by Crippen LogP contribution is 2.21. The predicted molar refractivity (Wildman–Crippen MR) is 56.2 cm³/mol. The van der Waals surface area contributed by atoms with Crippen molar-refractivity contribution in [2.75, 3.05) is 7.05 Å². The Hall–Kier alpha value is -0.820. The summed E-state index contributed by atoms with van der Waals surface area (Å²) in [5.74, 6) is 0. The van der Waals surface area contributed by atoms with Crippen LogP contribution in [0.15, 0.2) is 36.5 Å². The maximum atomic E-state index is 4.04. The van der Waals surface area contributed by atoms with Gasteiger partial charge in [0.1, 0.15) is 0 Å². The second-order valence-electron chi connectivity index (χ2n) is 3.30. The first kappa shape index (κ1) is 11.2. The van der Waals surface area contributed by atoms with E-state index in [0.29, 0.717) is 0 Å². The lowest BCUT2D eigenvalue weighted by atomic mass is 9.89. The van der Waals surface area contributed by atoms with Gasteiger partial charge in [-0.1, -0.05) is 25.3 Å². The van der Waals surface area contributed by atoms with Crippen molar-refractivity contribution in [2.45, 2.75) is 26.3 Å². The van der Waals surface area contributed by atoms with E-state index in [1.807, 2.05) is 26.1 Å². The summed E-state index contributed by atoms with van der Waals surface area (Å²) in [6.45, 7) is 14.0. The summed E-state index contributed by atoms with van der Waals surface area (Å²) < 4.78 is 0. The van der Waals surface area contributed by atoms with Gasteiger partial charge in [0.05, 0.1) is 0 Å². The molecule has 0 aliphatic carbocycles. The average molecular weight is 165 g/mol. The fourth-order valence-electron chi connectivity index (χ4n) is 0.927. The highest BCUT2D eigenvalue weighted by atomic mass is 14.9. The molecule has 0 aliphatic heterocycles. The zero-order valence-corrected chi connectivity index (χ0v) is 8.57. The van der Waals surface area contributed by atoms with Crippen LogP contribution in [0.4, 0.5) is 0 Å². The minimum atomic E-state index is -0.0595. The van der Waals surface area contributed by atoms with Gasteiger partial charge in [-0.2, -0.15) is 0 Å². The first-order valence-electron chi connectivity index (χ1n) is 4.17. The van der Waals surface area contributed by atoms with Crippen molar-refractivity contribution in [1.82, 2.24) is 5.32 Å². The third-order valence-electron chi connectivity index (χ3n) is 2.26. The zero-order chi connectivity index (χ0) is 9.78. The molecule has 0 amide bonds. The number of rotatable bonds is 4. The molecule has 68 valence electrons. The van der Waals surface area contributed by atoms with Crippen molar-refractivity contribution in [3.63, 3.8) is 0 Å². The van der Waals surface area contributed by atoms with Gasteiger partial charge in [0.15, 0.2) is 0 Å². The Labute approximate surface area is 75.9 Å². The number of nitrogens with one attached hydrogen (secondary N) is 1. The van der Waals surface area contributed by atoms with Gasteiger partial charge in [-0.05, 0) is 39.0 Å². The van der Waals surface area contributed by atoms with Crippen LogP contribution in [0.2, 0.25) is 0 Å². The molecule has 0 atom stereocenters. The van der Waals surface area contributed by atoms with E-state index in [0.717, 1.165) is 11.1 Å². The smallest absolute Gasteiger partial charge is 0.0374 e. The number of allylic oxidation sites excluding steroid dienone is 2. The lowest BCUT2D eigenvalue weighted by Crippen LogP contribution is -2.38. The first-order chi connectivity index (χ1) is 5.49. The quantitative estimate of drug-likeness (QED) is 0.631. The summed E-state index contributed by atoms with van der Waals surface area (Å²) in [6, 6.07) is 0. The van der Waals surface area contributed by atoms with E-state index in [-0.39, 0.29) is 5.54 Å². The molecule has 0 radical (unpaired) electrons. The zero-order valence-electron chi connectivity index (χ0n) is 8.57. The topological polar surface area (TPSA) is 12.0 Å². The summed E-state index contributed by atoms with van der Waals surface area (Å²) in [5, 5.41) is 3.20. The summed E-state index contributed by atoms with van der Waals surface area (Å²) in [6.07, 6.45) is 3.86. The molecular formula is C11H19N. The summed E-state index contributed by atoms with van der Waals surface area (Å²) in [7, 11) is 1.93. The normalized spacial score (nSPS) is 12.8. The minimum Gasteiger partial charge on any atom is -0.311 e. The first-order valence-corrected chi connectivity index (χ1v) is 4.17. The lowest BCUT2D eigenvalue weighted by Gasteiger charge is -2.27. The third kappa shape index (κ3) is 2.35. The van der Waals surface area contributed by atoms with E-state index < -0.39 is 0 Å². The Morgan fingerprint density at radius 1 is 1.42 bits per heavy atom. The highest BCUT2D eigenvalue weighted by Gasteiger charge is 2.19. The molecule has 0 aliphatic rings.